The van der Waals surface area contributed by atoms with Crippen molar-refractivity contribution >= 4 is 25.8 Å². The zero-order valence-electron chi connectivity index (χ0n) is 9.38. The average Bonchev–Trinajstić information content (AvgIpc) is 2.39. The van der Waals surface area contributed by atoms with Crippen LogP contribution in [0.1, 0.15) is 5.69 Å². The van der Waals surface area contributed by atoms with Crippen LogP contribution in [-0.2, 0) is 16.4 Å². The van der Waals surface area contributed by atoms with Crippen LogP contribution in [0.4, 0.5) is 0 Å². The molecule has 4 nitrogen and oxygen atoms in total. The zero-order chi connectivity index (χ0) is 13.2. The molecule has 0 bridgehead atoms. The van der Waals surface area contributed by atoms with E-state index in [0.717, 1.165) is 0 Å². The van der Waals surface area contributed by atoms with Crippen LogP contribution in [0.5, 0.6) is 0 Å². The zero-order valence-corrected chi connectivity index (χ0v) is 11.8. The molecule has 94 valence electrons. The van der Waals surface area contributed by atoms with Gasteiger partial charge in [-0.25, -0.2) is 13.4 Å². The van der Waals surface area contributed by atoms with E-state index in [-0.39, 0.29) is 16.3 Å². The number of aromatic nitrogens is 1. The number of rotatable bonds is 3. The normalized spacial score (nSPS) is 11.4. The Labute approximate surface area is 114 Å². The van der Waals surface area contributed by atoms with Gasteiger partial charge in [-0.05, 0) is 40.2 Å². The van der Waals surface area contributed by atoms with Gasteiger partial charge in [0.25, 0.3) is 0 Å². The number of halogens is 1. The van der Waals surface area contributed by atoms with Crippen LogP contribution < -0.4 is 5.73 Å². The van der Waals surface area contributed by atoms with Crippen molar-refractivity contribution in [1.29, 1.82) is 0 Å². The highest BCUT2D eigenvalue weighted by atomic mass is 79.9. The topological polar surface area (TPSA) is 73.1 Å². The summed E-state index contributed by atoms with van der Waals surface area (Å²) in [6.07, 6.45) is 0. The second-order valence-electron chi connectivity index (χ2n) is 3.64. The standard InChI is InChI=1S/C12H11BrN2O2S/c13-12-7-11(6-9(8-14)15-12)18(16,17)10-4-2-1-3-5-10/h1-7H,8,14H2. The van der Waals surface area contributed by atoms with Crippen molar-refractivity contribution < 1.29 is 8.42 Å². The van der Waals surface area contributed by atoms with Crippen molar-refractivity contribution in [1.82, 2.24) is 4.98 Å². The quantitative estimate of drug-likeness (QED) is 0.877. The molecule has 0 atom stereocenters. The van der Waals surface area contributed by atoms with E-state index in [2.05, 4.69) is 20.9 Å². The molecule has 0 saturated carbocycles. The van der Waals surface area contributed by atoms with Crippen LogP contribution in [0.3, 0.4) is 0 Å². The van der Waals surface area contributed by atoms with Gasteiger partial charge in [-0.15, -0.1) is 0 Å². The molecule has 0 spiro atoms. The highest BCUT2D eigenvalue weighted by molar-refractivity contribution is 9.10. The number of nitrogens with two attached hydrogens (primary N) is 1. The fourth-order valence-corrected chi connectivity index (χ4v) is 3.49. The third-order valence-corrected chi connectivity index (χ3v) is 4.55. The maximum absolute atomic E-state index is 12.4. The summed E-state index contributed by atoms with van der Waals surface area (Å²) in [6, 6.07) is 11.2. The van der Waals surface area contributed by atoms with Crippen LogP contribution in [0.25, 0.3) is 0 Å². The number of pyridine rings is 1. The Morgan fingerprint density at radius 3 is 2.39 bits per heavy atom. The van der Waals surface area contributed by atoms with E-state index in [1.807, 2.05) is 0 Å². The summed E-state index contributed by atoms with van der Waals surface area (Å²) in [5.74, 6) is 0. The fourth-order valence-electron chi connectivity index (χ4n) is 1.52. The Morgan fingerprint density at radius 2 is 1.78 bits per heavy atom. The lowest BCUT2D eigenvalue weighted by Crippen LogP contribution is -2.06. The number of sulfone groups is 1. The molecule has 0 unspecified atom stereocenters. The molecule has 1 aromatic carbocycles. The highest BCUT2D eigenvalue weighted by Crippen LogP contribution is 2.23. The largest absolute Gasteiger partial charge is 0.325 e. The number of nitrogens with zero attached hydrogens (tertiary/aromatic N) is 1. The predicted octanol–water partition coefficient (Wildman–Crippen LogP) is 2.14. The van der Waals surface area contributed by atoms with Gasteiger partial charge in [0, 0.05) is 6.54 Å². The molecule has 0 radical (unpaired) electrons. The van der Waals surface area contributed by atoms with Gasteiger partial charge in [0.15, 0.2) is 0 Å². The van der Waals surface area contributed by atoms with Gasteiger partial charge in [-0.2, -0.15) is 0 Å². The Bertz CT molecular complexity index is 657. The Hall–Kier alpha value is -1.24. The maximum Gasteiger partial charge on any atom is 0.206 e. The van der Waals surface area contributed by atoms with Gasteiger partial charge < -0.3 is 5.73 Å². The van der Waals surface area contributed by atoms with E-state index < -0.39 is 9.84 Å². The maximum atomic E-state index is 12.4. The van der Waals surface area contributed by atoms with Crippen molar-refractivity contribution in [2.24, 2.45) is 5.73 Å². The smallest absolute Gasteiger partial charge is 0.206 e. The number of benzene rings is 1. The molecular weight excluding hydrogens is 316 g/mol. The molecule has 6 heteroatoms. The van der Waals surface area contributed by atoms with Gasteiger partial charge in [0.05, 0.1) is 15.5 Å². The van der Waals surface area contributed by atoms with Crippen LogP contribution in [0.2, 0.25) is 0 Å². The lowest BCUT2D eigenvalue weighted by Gasteiger charge is -2.06. The monoisotopic (exact) mass is 326 g/mol. The van der Waals surface area contributed by atoms with Gasteiger partial charge in [-0.1, -0.05) is 18.2 Å². The summed E-state index contributed by atoms with van der Waals surface area (Å²) in [5, 5.41) is 0. The van der Waals surface area contributed by atoms with Crippen molar-refractivity contribution in [3.8, 4) is 0 Å². The van der Waals surface area contributed by atoms with E-state index >= 15 is 0 Å². The molecule has 0 fully saturated rings. The summed E-state index contributed by atoms with van der Waals surface area (Å²) >= 11 is 3.19. The summed E-state index contributed by atoms with van der Waals surface area (Å²) in [5.41, 5.74) is 6.02. The lowest BCUT2D eigenvalue weighted by molar-refractivity contribution is 0.595. The molecule has 18 heavy (non-hydrogen) atoms. The first-order chi connectivity index (χ1) is 8.54. The molecule has 2 aromatic rings. The van der Waals surface area contributed by atoms with Crippen LogP contribution in [0, 0.1) is 0 Å². The second kappa shape index (κ2) is 5.17. The highest BCUT2D eigenvalue weighted by Gasteiger charge is 2.18. The molecule has 1 aromatic heterocycles. The van der Waals surface area contributed by atoms with E-state index in [4.69, 9.17) is 5.73 Å². The number of hydrogen-bond acceptors (Lipinski definition) is 4. The van der Waals surface area contributed by atoms with Crippen LogP contribution in [-0.4, -0.2) is 13.4 Å². The Balaban J connectivity index is 2.58. The minimum atomic E-state index is -3.52. The molecular formula is C12H11BrN2O2S. The fraction of sp³-hybridized carbons (Fsp3) is 0.0833. The third kappa shape index (κ3) is 2.60. The second-order valence-corrected chi connectivity index (χ2v) is 6.40. The van der Waals surface area contributed by atoms with E-state index in [0.29, 0.717) is 10.3 Å². The Morgan fingerprint density at radius 1 is 1.11 bits per heavy atom. The minimum absolute atomic E-state index is 0.191. The van der Waals surface area contributed by atoms with Gasteiger partial charge >= 0.3 is 0 Å². The summed E-state index contributed by atoms with van der Waals surface area (Å²) in [4.78, 5) is 4.53. The predicted molar refractivity (Wildman–Crippen MR) is 71.7 cm³/mol. The van der Waals surface area contributed by atoms with Crippen molar-refractivity contribution in [3.05, 3.63) is 52.8 Å². The van der Waals surface area contributed by atoms with E-state index in [9.17, 15) is 8.42 Å². The van der Waals surface area contributed by atoms with Gasteiger partial charge in [0.2, 0.25) is 9.84 Å². The van der Waals surface area contributed by atoms with Gasteiger partial charge in [0.1, 0.15) is 4.60 Å². The minimum Gasteiger partial charge on any atom is -0.325 e. The molecule has 1 heterocycles. The molecule has 2 rings (SSSR count). The first kappa shape index (κ1) is 13.2. The summed E-state index contributed by atoms with van der Waals surface area (Å²) < 4.78 is 25.2. The molecule has 0 aliphatic rings. The molecule has 0 aliphatic carbocycles. The summed E-state index contributed by atoms with van der Waals surface area (Å²) in [6.45, 7) is 0.191. The van der Waals surface area contributed by atoms with Crippen LogP contribution >= 0.6 is 15.9 Å². The molecule has 0 amide bonds. The van der Waals surface area contributed by atoms with Crippen LogP contribution in [0.15, 0.2) is 56.9 Å². The molecule has 2 N–H and O–H groups in total. The van der Waals surface area contributed by atoms with E-state index in [1.54, 1.807) is 30.3 Å². The third-order valence-electron chi connectivity index (χ3n) is 2.39. The first-order valence-electron chi connectivity index (χ1n) is 5.20. The summed E-state index contributed by atoms with van der Waals surface area (Å²) in [7, 11) is -3.52. The van der Waals surface area contributed by atoms with Crippen molar-refractivity contribution in [2.75, 3.05) is 0 Å². The van der Waals surface area contributed by atoms with Gasteiger partial charge in [-0.3, -0.25) is 0 Å². The Kier molecular flexibility index (Phi) is 3.79. The molecule has 0 saturated heterocycles. The van der Waals surface area contributed by atoms with Crippen molar-refractivity contribution in [3.63, 3.8) is 0 Å². The molecule has 0 aliphatic heterocycles. The first-order valence-corrected chi connectivity index (χ1v) is 7.48. The average molecular weight is 327 g/mol. The van der Waals surface area contributed by atoms with E-state index in [1.165, 1.54) is 12.1 Å². The lowest BCUT2D eigenvalue weighted by atomic mass is 10.3. The SMILES string of the molecule is NCc1cc(S(=O)(=O)c2ccccc2)cc(Br)n1. The van der Waals surface area contributed by atoms with Crippen molar-refractivity contribution in [2.45, 2.75) is 16.3 Å². The number of hydrogen-bond donors (Lipinski definition) is 1.